The lowest BCUT2D eigenvalue weighted by Crippen LogP contribution is -2.48. The molecule has 0 unspecified atom stereocenters. The Hall–Kier alpha value is -2.74. The quantitative estimate of drug-likeness (QED) is 0.445. The van der Waals surface area contributed by atoms with Crippen LogP contribution in [0.25, 0.3) is 0 Å². The molecule has 7 nitrogen and oxygen atoms in total. The van der Waals surface area contributed by atoms with Gasteiger partial charge in [-0.3, -0.25) is 14.9 Å². The molecule has 0 bridgehead atoms. The van der Waals surface area contributed by atoms with Crippen molar-refractivity contribution in [2.45, 2.75) is 4.90 Å². The number of amides is 1. The summed E-state index contributed by atoms with van der Waals surface area (Å²) in [7, 11) is 1.63. The molecule has 0 saturated carbocycles. The van der Waals surface area contributed by atoms with Crippen LogP contribution in [0.15, 0.2) is 47.4 Å². The monoisotopic (exact) mass is 387 g/mol. The normalized spacial score (nSPS) is 14.1. The summed E-state index contributed by atoms with van der Waals surface area (Å²) >= 11 is 1.46. The van der Waals surface area contributed by atoms with E-state index < -0.39 is 4.92 Å². The highest BCUT2D eigenvalue weighted by atomic mass is 32.2. The fourth-order valence-electron chi connectivity index (χ4n) is 3.10. The Bertz CT molecular complexity index is 833. The number of rotatable bonds is 5. The Labute approximate surface area is 162 Å². The van der Waals surface area contributed by atoms with Gasteiger partial charge in [-0.15, -0.1) is 11.8 Å². The maximum atomic E-state index is 12.9. The summed E-state index contributed by atoms with van der Waals surface area (Å²) in [6.45, 7) is 2.39. The van der Waals surface area contributed by atoms with Gasteiger partial charge < -0.3 is 14.5 Å². The number of anilines is 1. The first-order chi connectivity index (χ1) is 13.0. The maximum absolute atomic E-state index is 12.9. The van der Waals surface area contributed by atoms with Crippen molar-refractivity contribution in [2.75, 3.05) is 44.4 Å². The largest absolute Gasteiger partial charge is 0.497 e. The van der Waals surface area contributed by atoms with E-state index in [-0.39, 0.29) is 17.2 Å². The van der Waals surface area contributed by atoms with Gasteiger partial charge in [-0.05, 0) is 42.7 Å². The number of hydrogen-bond donors (Lipinski definition) is 0. The highest BCUT2D eigenvalue weighted by molar-refractivity contribution is 7.98. The number of ether oxygens (including phenoxy) is 1. The number of nitro benzene ring substituents is 1. The second kappa shape index (κ2) is 8.30. The predicted molar refractivity (Wildman–Crippen MR) is 106 cm³/mol. The first-order valence-corrected chi connectivity index (χ1v) is 9.76. The number of nitrogens with zero attached hydrogens (tertiary/aromatic N) is 3. The highest BCUT2D eigenvalue weighted by Gasteiger charge is 2.28. The van der Waals surface area contributed by atoms with Crippen LogP contribution >= 0.6 is 11.8 Å². The first kappa shape index (κ1) is 19.0. The van der Waals surface area contributed by atoms with Crippen LogP contribution in [0.1, 0.15) is 10.4 Å². The second-order valence-corrected chi connectivity index (χ2v) is 7.00. The van der Waals surface area contributed by atoms with Crippen LogP contribution < -0.4 is 9.64 Å². The Morgan fingerprint density at radius 2 is 1.78 bits per heavy atom. The van der Waals surface area contributed by atoms with Crippen molar-refractivity contribution in [3.05, 3.63) is 58.1 Å². The van der Waals surface area contributed by atoms with Gasteiger partial charge in [-0.25, -0.2) is 0 Å². The molecule has 1 saturated heterocycles. The number of piperazine rings is 1. The lowest BCUT2D eigenvalue weighted by Gasteiger charge is -2.36. The second-order valence-electron chi connectivity index (χ2n) is 6.12. The topological polar surface area (TPSA) is 75.9 Å². The summed E-state index contributed by atoms with van der Waals surface area (Å²) in [6.07, 6.45) is 1.88. The van der Waals surface area contributed by atoms with Crippen molar-refractivity contribution in [1.29, 1.82) is 0 Å². The van der Waals surface area contributed by atoms with Crippen molar-refractivity contribution in [3.8, 4) is 5.75 Å². The third-order valence-electron chi connectivity index (χ3n) is 4.64. The van der Waals surface area contributed by atoms with Gasteiger partial charge >= 0.3 is 0 Å². The third-order valence-corrected chi connectivity index (χ3v) is 5.36. The molecule has 0 spiro atoms. The zero-order valence-corrected chi connectivity index (χ0v) is 16.1. The first-order valence-electron chi connectivity index (χ1n) is 8.54. The Balaban J connectivity index is 1.72. The summed E-state index contributed by atoms with van der Waals surface area (Å²) in [6, 6.07) is 12.5. The van der Waals surface area contributed by atoms with Gasteiger partial charge in [0.05, 0.1) is 12.0 Å². The number of hydrogen-bond acceptors (Lipinski definition) is 6. The zero-order chi connectivity index (χ0) is 19.4. The van der Waals surface area contributed by atoms with Crippen LogP contribution in [0.2, 0.25) is 0 Å². The highest BCUT2D eigenvalue weighted by Crippen LogP contribution is 2.27. The van der Waals surface area contributed by atoms with Crippen LogP contribution in [0.5, 0.6) is 5.75 Å². The standard InChI is InChI=1S/C19H21N3O4S/c1-26-15-5-3-14(4-6-15)20-9-11-21(12-10-20)19(23)17-13-16(27-2)7-8-18(17)22(24)25/h3-8,13H,9-12H2,1-2H3. The molecule has 2 aromatic rings. The molecule has 0 radical (unpaired) electrons. The fraction of sp³-hybridized carbons (Fsp3) is 0.316. The van der Waals surface area contributed by atoms with E-state index in [1.54, 1.807) is 24.1 Å². The average molecular weight is 387 g/mol. The third kappa shape index (κ3) is 4.16. The molecule has 27 heavy (non-hydrogen) atoms. The van der Waals surface area contributed by atoms with Gasteiger partial charge in [0.15, 0.2) is 0 Å². The molecule has 0 aliphatic carbocycles. The Morgan fingerprint density at radius 1 is 1.11 bits per heavy atom. The summed E-state index contributed by atoms with van der Waals surface area (Å²) in [4.78, 5) is 28.4. The van der Waals surface area contributed by atoms with Crippen molar-refractivity contribution in [2.24, 2.45) is 0 Å². The van der Waals surface area contributed by atoms with Gasteiger partial charge in [0.2, 0.25) is 0 Å². The van der Waals surface area contributed by atoms with E-state index in [4.69, 9.17) is 4.74 Å². The van der Waals surface area contributed by atoms with Gasteiger partial charge in [0, 0.05) is 42.8 Å². The SMILES string of the molecule is COc1ccc(N2CCN(C(=O)c3cc(SC)ccc3[N+](=O)[O-])CC2)cc1. The molecule has 0 atom stereocenters. The van der Waals surface area contributed by atoms with Crippen LogP contribution in [0, 0.1) is 10.1 Å². The molecule has 1 aliphatic rings. The average Bonchev–Trinajstić information content (AvgIpc) is 2.72. The Morgan fingerprint density at radius 3 is 2.33 bits per heavy atom. The van der Waals surface area contributed by atoms with Crippen LogP contribution in [0.3, 0.4) is 0 Å². The van der Waals surface area contributed by atoms with E-state index in [9.17, 15) is 14.9 Å². The molecular weight excluding hydrogens is 366 g/mol. The number of thioether (sulfide) groups is 1. The van der Waals surface area contributed by atoms with E-state index >= 15 is 0 Å². The minimum absolute atomic E-state index is 0.143. The summed E-state index contributed by atoms with van der Waals surface area (Å²) < 4.78 is 5.18. The van der Waals surface area contributed by atoms with Crippen molar-refractivity contribution >= 4 is 29.0 Å². The Kier molecular flexibility index (Phi) is 5.85. The fourth-order valence-corrected chi connectivity index (χ4v) is 3.54. The van der Waals surface area contributed by atoms with E-state index in [0.29, 0.717) is 26.2 Å². The van der Waals surface area contributed by atoms with Crippen LogP contribution in [-0.4, -0.2) is 55.3 Å². The van der Waals surface area contributed by atoms with E-state index in [1.807, 2.05) is 30.5 Å². The summed E-state index contributed by atoms with van der Waals surface area (Å²) in [5.41, 5.74) is 1.08. The smallest absolute Gasteiger partial charge is 0.282 e. The number of nitro groups is 1. The molecule has 0 aromatic heterocycles. The van der Waals surface area contributed by atoms with Gasteiger partial charge in [0.25, 0.3) is 11.6 Å². The number of methoxy groups -OCH3 is 1. The van der Waals surface area contributed by atoms with Gasteiger partial charge in [-0.1, -0.05) is 0 Å². The molecule has 1 fully saturated rings. The lowest BCUT2D eigenvalue weighted by molar-refractivity contribution is -0.385. The molecule has 2 aromatic carbocycles. The van der Waals surface area contributed by atoms with Crippen molar-refractivity contribution < 1.29 is 14.5 Å². The minimum atomic E-state index is -0.495. The molecule has 8 heteroatoms. The number of benzene rings is 2. The molecule has 1 amide bonds. The number of carbonyl (C=O) groups is 1. The van der Waals surface area contributed by atoms with Gasteiger partial charge in [-0.2, -0.15) is 0 Å². The van der Waals surface area contributed by atoms with Crippen LogP contribution in [-0.2, 0) is 0 Å². The van der Waals surface area contributed by atoms with E-state index in [2.05, 4.69) is 4.90 Å². The number of carbonyl (C=O) groups excluding carboxylic acids is 1. The molecule has 1 aliphatic heterocycles. The predicted octanol–water partition coefficient (Wildman–Crippen LogP) is 3.29. The molecule has 142 valence electrons. The van der Waals surface area contributed by atoms with E-state index in [0.717, 1.165) is 16.3 Å². The molecule has 0 N–H and O–H groups in total. The summed E-state index contributed by atoms with van der Waals surface area (Å²) in [5.74, 6) is 0.514. The maximum Gasteiger partial charge on any atom is 0.282 e. The molecular formula is C19H21N3O4S. The zero-order valence-electron chi connectivity index (χ0n) is 15.3. The van der Waals surface area contributed by atoms with E-state index in [1.165, 1.54) is 17.8 Å². The van der Waals surface area contributed by atoms with Crippen molar-refractivity contribution in [1.82, 2.24) is 4.90 Å². The summed E-state index contributed by atoms with van der Waals surface area (Å²) in [5, 5.41) is 11.3. The minimum Gasteiger partial charge on any atom is -0.497 e. The van der Waals surface area contributed by atoms with Gasteiger partial charge in [0.1, 0.15) is 11.3 Å². The molecule has 3 rings (SSSR count). The molecule has 1 heterocycles. The lowest BCUT2D eigenvalue weighted by atomic mass is 10.1. The van der Waals surface area contributed by atoms with Crippen molar-refractivity contribution in [3.63, 3.8) is 0 Å². The van der Waals surface area contributed by atoms with Crippen LogP contribution in [0.4, 0.5) is 11.4 Å².